The topological polar surface area (TPSA) is 83.0 Å². The molecule has 0 N–H and O–H groups in total. The van der Waals surface area contributed by atoms with Crippen molar-refractivity contribution in [2.24, 2.45) is 0 Å². The fourth-order valence-corrected chi connectivity index (χ4v) is 1.78. The Labute approximate surface area is 113 Å². The van der Waals surface area contributed by atoms with Gasteiger partial charge < -0.3 is 9.36 Å². The third-order valence-electron chi connectivity index (χ3n) is 2.69. The van der Waals surface area contributed by atoms with E-state index in [1.165, 1.54) is 12.4 Å². The van der Waals surface area contributed by atoms with Crippen LogP contribution in [0.4, 0.5) is 0 Å². The Balaban J connectivity index is 1.97. The summed E-state index contributed by atoms with van der Waals surface area (Å²) in [6, 6.07) is 9.26. The molecule has 7 nitrogen and oxygen atoms in total. The van der Waals surface area contributed by atoms with Gasteiger partial charge in [-0.25, -0.2) is 4.79 Å². The molecule has 0 aliphatic heterocycles. The van der Waals surface area contributed by atoms with Gasteiger partial charge >= 0.3 is 5.97 Å². The van der Waals surface area contributed by atoms with Crippen molar-refractivity contribution in [3.8, 4) is 11.3 Å². The van der Waals surface area contributed by atoms with E-state index < -0.39 is 5.97 Å². The van der Waals surface area contributed by atoms with Gasteiger partial charge in [-0.3, -0.25) is 0 Å². The lowest BCUT2D eigenvalue weighted by molar-refractivity contribution is 0.0383. The van der Waals surface area contributed by atoms with Crippen LogP contribution in [0.3, 0.4) is 0 Å². The first-order valence-electron chi connectivity index (χ1n) is 5.86. The molecule has 0 amide bonds. The fourth-order valence-electron chi connectivity index (χ4n) is 1.78. The number of carbonyl (C=O) groups excluding carboxylic acids is 1. The average molecular weight is 270 g/mol. The molecule has 0 fully saturated rings. The van der Waals surface area contributed by atoms with E-state index in [9.17, 15) is 4.79 Å². The predicted molar refractivity (Wildman–Crippen MR) is 67.6 cm³/mol. The highest BCUT2D eigenvalue weighted by molar-refractivity contribution is 5.97. The van der Waals surface area contributed by atoms with Crippen LogP contribution in [0.2, 0.25) is 0 Å². The van der Waals surface area contributed by atoms with Gasteiger partial charge in [0, 0.05) is 5.56 Å². The maximum atomic E-state index is 12.2. The highest BCUT2D eigenvalue weighted by Crippen LogP contribution is 2.25. The largest absolute Gasteiger partial charge is 0.371 e. The van der Waals surface area contributed by atoms with Crippen molar-refractivity contribution in [3.63, 3.8) is 0 Å². The van der Waals surface area contributed by atoms with Crippen molar-refractivity contribution in [2.75, 3.05) is 0 Å². The van der Waals surface area contributed by atoms with Crippen LogP contribution in [0.25, 0.3) is 11.3 Å². The second kappa shape index (κ2) is 4.96. The Morgan fingerprint density at radius 1 is 1.30 bits per heavy atom. The summed E-state index contributed by atoms with van der Waals surface area (Å²) in [5, 5.41) is 11.0. The summed E-state index contributed by atoms with van der Waals surface area (Å²) in [4.78, 5) is 18.2. The predicted octanol–water partition coefficient (Wildman–Crippen LogP) is 1.51. The maximum absolute atomic E-state index is 12.2. The lowest BCUT2D eigenvalue weighted by Crippen LogP contribution is -2.21. The Morgan fingerprint density at radius 2 is 2.10 bits per heavy atom. The van der Waals surface area contributed by atoms with Gasteiger partial charge in [0.05, 0.1) is 12.4 Å². The molecule has 1 aromatic carbocycles. The van der Waals surface area contributed by atoms with E-state index in [0.29, 0.717) is 11.5 Å². The molecule has 0 aliphatic carbocycles. The van der Waals surface area contributed by atoms with Crippen LogP contribution in [0.15, 0.2) is 47.2 Å². The SMILES string of the molecule is Cc1onc(-c2ccccc2)c1C(=O)On1ccnn1. The zero-order chi connectivity index (χ0) is 13.9. The molecule has 3 rings (SSSR count). The number of hydrogen-bond acceptors (Lipinski definition) is 6. The standard InChI is InChI=1S/C13H10N4O3/c1-9-11(13(18)20-17-8-7-14-16-17)12(15-19-9)10-5-3-2-4-6-10/h2-8H,1H3. The third kappa shape index (κ3) is 2.16. The molecule has 2 heterocycles. The van der Waals surface area contributed by atoms with E-state index in [0.717, 1.165) is 10.4 Å². The summed E-state index contributed by atoms with van der Waals surface area (Å²) in [5.41, 5.74) is 1.48. The maximum Gasteiger partial charge on any atom is 0.371 e. The Kier molecular flexibility index (Phi) is 3.00. The molecule has 7 heteroatoms. The minimum atomic E-state index is -0.604. The van der Waals surface area contributed by atoms with Crippen molar-refractivity contribution in [1.29, 1.82) is 0 Å². The highest BCUT2D eigenvalue weighted by atomic mass is 16.7. The van der Waals surface area contributed by atoms with Gasteiger partial charge in [0.1, 0.15) is 17.0 Å². The monoisotopic (exact) mass is 270 g/mol. The second-order valence-electron chi connectivity index (χ2n) is 4.01. The van der Waals surface area contributed by atoms with E-state index in [1.807, 2.05) is 30.3 Å². The molecule has 2 aromatic heterocycles. The van der Waals surface area contributed by atoms with Crippen LogP contribution < -0.4 is 4.84 Å². The van der Waals surface area contributed by atoms with E-state index >= 15 is 0 Å². The number of benzene rings is 1. The number of aromatic nitrogens is 4. The van der Waals surface area contributed by atoms with Crippen molar-refractivity contribution in [1.82, 2.24) is 20.3 Å². The Morgan fingerprint density at radius 3 is 2.80 bits per heavy atom. The lowest BCUT2D eigenvalue weighted by atomic mass is 10.1. The molecule has 3 aromatic rings. The van der Waals surface area contributed by atoms with E-state index in [4.69, 9.17) is 9.36 Å². The first-order chi connectivity index (χ1) is 9.75. The second-order valence-corrected chi connectivity index (χ2v) is 4.01. The van der Waals surface area contributed by atoms with Crippen molar-refractivity contribution in [3.05, 3.63) is 54.0 Å². The van der Waals surface area contributed by atoms with Gasteiger partial charge in [-0.15, -0.1) is 5.10 Å². The average Bonchev–Trinajstić information content (AvgIpc) is 3.09. The quantitative estimate of drug-likeness (QED) is 0.671. The first kappa shape index (κ1) is 12.1. The van der Waals surface area contributed by atoms with Crippen molar-refractivity contribution < 1.29 is 14.2 Å². The molecule has 100 valence electrons. The molecule has 20 heavy (non-hydrogen) atoms. The van der Waals surface area contributed by atoms with Gasteiger partial charge in [0.15, 0.2) is 0 Å². The van der Waals surface area contributed by atoms with Crippen LogP contribution in [0, 0.1) is 6.92 Å². The first-order valence-corrected chi connectivity index (χ1v) is 5.86. The normalized spacial score (nSPS) is 10.4. The molecule has 0 spiro atoms. The summed E-state index contributed by atoms with van der Waals surface area (Å²) < 4.78 is 5.09. The number of rotatable bonds is 3. The summed E-state index contributed by atoms with van der Waals surface area (Å²) in [5.74, 6) is -0.220. The van der Waals surface area contributed by atoms with Gasteiger partial charge in [0.25, 0.3) is 0 Å². The molecule has 0 saturated heterocycles. The minimum absolute atomic E-state index is 0.270. The smallest absolute Gasteiger partial charge is 0.360 e. The van der Waals surface area contributed by atoms with Crippen LogP contribution in [0.1, 0.15) is 16.1 Å². The van der Waals surface area contributed by atoms with Crippen LogP contribution >= 0.6 is 0 Å². The molecule has 0 saturated carbocycles. The van der Waals surface area contributed by atoms with Crippen molar-refractivity contribution >= 4 is 5.97 Å². The zero-order valence-electron chi connectivity index (χ0n) is 10.6. The number of aryl methyl sites for hydroxylation is 1. The number of carbonyl (C=O) groups is 1. The van der Waals surface area contributed by atoms with Crippen LogP contribution in [0.5, 0.6) is 0 Å². The zero-order valence-corrected chi connectivity index (χ0v) is 10.6. The molecule has 0 unspecified atom stereocenters. The van der Waals surface area contributed by atoms with Gasteiger partial charge in [-0.1, -0.05) is 40.3 Å². The summed E-state index contributed by atoms with van der Waals surface area (Å²) >= 11 is 0. The van der Waals surface area contributed by atoms with E-state index in [1.54, 1.807) is 6.92 Å². The van der Waals surface area contributed by atoms with E-state index in [-0.39, 0.29) is 5.56 Å². The third-order valence-corrected chi connectivity index (χ3v) is 2.69. The fraction of sp³-hybridized carbons (Fsp3) is 0.0769. The summed E-state index contributed by atoms with van der Waals surface area (Å²) in [7, 11) is 0. The van der Waals surface area contributed by atoms with Crippen molar-refractivity contribution in [2.45, 2.75) is 6.92 Å². The minimum Gasteiger partial charge on any atom is -0.360 e. The Hall–Kier alpha value is -2.96. The summed E-state index contributed by atoms with van der Waals surface area (Å²) in [6.07, 6.45) is 2.83. The van der Waals surface area contributed by atoms with Gasteiger partial charge in [-0.05, 0) is 12.1 Å². The number of hydrogen-bond donors (Lipinski definition) is 0. The molecular weight excluding hydrogens is 260 g/mol. The molecule has 0 radical (unpaired) electrons. The van der Waals surface area contributed by atoms with Crippen LogP contribution in [-0.4, -0.2) is 26.3 Å². The van der Waals surface area contributed by atoms with Gasteiger partial charge in [-0.2, -0.15) is 0 Å². The van der Waals surface area contributed by atoms with Gasteiger partial charge in [0.2, 0.25) is 0 Å². The van der Waals surface area contributed by atoms with E-state index in [2.05, 4.69) is 15.5 Å². The highest BCUT2D eigenvalue weighted by Gasteiger charge is 2.23. The Bertz CT molecular complexity index is 719. The molecule has 0 atom stereocenters. The molecule has 0 bridgehead atoms. The van der Waals surface area contributed by atoms with Crippen LogP contribution in [-0.2, 0) is 0 Å². The molecule has 0 aliphatic rings. The molecular formula is C13H10N4O3. The summed E-state index contributed by atoms with van der Waals surface area (Å²) in [6.45, 7) is 1.65. The lowest BCUT2D eigenvalue weighted by Gasteiger charge is -2.02. The number of nitrogens with zero attached hydrogens (tertiary/aromatic N) is 4.